The third-order valence-electron chi connectivity index (χ3n) is 4.77. The lowest BCUT2D eigenvalue weighted by Gasteiger charge is -2.49. The molecule has 0 radical (unpaired) electrons. The fourth-order valence-corrected chi connectivity index (χ4v) is 5.30. The van der Waals surface area contributed by atoms with E-state index in [1.54, 1.807) is 0 Å². The van der Waals surface area contributed by atoms with Gasteiger partial charge < -0.3 is 0 Å². The smallest absolute Gasteiger partial charge is 0.234 e. The van der Waals surface area contributed by atoms with Crippen LogP contribution in [-0.2, 0) is 9.59 Å². The number of rotatable bonds is 1. The highest BCUT2D eigenvalue weighted by Crippen LogP contribution is 2.55. The van der Waals surface area contributed by atoms with E-state index in [-0.39, 0.29) is 28.4 Å². The first kappa shape index (κ1) is 14.9. The fourth-order valence-electron chi connectivity index (χ4n) is 3.72. The largest absolute Gasteiger partial charge is 0.296 e. The molecule has 1 aromatic carbocycles. The van der Waals surface area contributed by atoms with Gasteiger partial charge in [0.15, 0.2) is 0 Å². The minimum absolute atomic E-state index is 0.155. The monoisotopic (exact) mass is 323 g/mol. The highest BCUT2D eigenvalue weighted by atomic mass is 35.5. The van der Waals surface area contributed by atoms with Crippen molar-refractivity contribution in [3.63, 3.8) is 0 Å². The Kier molecular flexibility index (Phi) is 4.02. The van der Waals surface area contributed by atoms with Crippen molar-refractivity contribution >= 4 is 35.2 Å². The first-order valence-corrected chi connectivity index (χ1v) is 8.67. The molecule has 5 heteroatoms. The second kappa shape index (κ2) is 5.65. The van der Waals surface area contributed by atoms with Crippen molar-refractivity contribution in [2.75, 3.05) is 5.75 Å². The van der Waals surface area contributed by atoms with Gasteiger partial charge in [-0.05, 0) is 30.2 Å². The average Bonchev–Trinajstić information content (AvgIpc) is 2.43. The number of thioether (sulfide) groups is 1. The number of nitrogens with one attached hydrogen (secondary N) is 1. The first-order valence-electron chi connectivity index (χ1n) is 7.24. The highest BCUT2D eigenvalue weighted by molar-refractivity contribution is 7.99. The number of carbonyl (C=O) groups is 2. The molecule has 2 amide bonds. The molecular formula is C16H18ClNO2S. The van der Waals surface area contributed by atoms with Crippen LogP contribution in [0.4, 0.5) is 0 Å². The zero-order chi connectivity index (χ0) is 15.0. The van der Waals surface area contributed by atoms with Crippen molar-refractivity contribution < 1.29 is 9.59 Å². The summed E-state index contributed by atoms with van der Waals surface area (Å²) in [6, 6.07) is 7.49. The highest BCUT2D eigenvalue weighted by Gasteiger charge is 2.53. The Morgan fingerprint density at radius 3 is 2.81 bits per heavy atom. The third-order valence-corrected chi connectivity index (χ3v) is 6.61. The molecular weight excluding hydrogens is 306 g/mol. The Morgan fingerprint density at radius 2 is 2.10 bits per heavy atom. The summed E-state index contributed by atoms with van der Waals surface area (Å²) in [5.74, 6) is 0.395. The second-order valence-corrected chi connectivity index (χ2v) is 7.75. The summed E-state index contributed by atoms with van der Waals surface area (Å²) >= 11 is 8.19. The van der Waals surface area contributed by atoms with E-state index < -0.39 is 0 Å². The first-order chi connectivity index (χ1) is 10.0. The van der Waals surface area contributed by atoms with Crippen molar-refractivity contribution in [3.05, 3.63) is 34.9 Å². The van der Waals surface area contributed by atoms with Gasteiger partial charge in [0.25, 0.3) is 0 Å². The molecule has 2 saturated heterocycles. The SMILES string of the molecule is CC1SCCCC12CC(=O)NC(=O)C2c1ccccc1Cl. The van der Waals surface area contributed by atoms with Crippen molar-refractivity contribution in [1.82, 2.24) is 5.32 Å². The van der Waals surface area contributed by atoms with E-state index in [2.05, 4.69) is 12.2 Å². The standard InChI is InChI=1S/C16H18ClNO2S/c1-10-16(7-4-8-21-10)9-13(19)18-15(20)14(16)11-5-2-3-6-12(11)17/h2-3,5-6,10,14H,4,7-9H2,1H3,(H,18,19,20). The zero-order valence-corrected chi connectivity index (χ0v) is 13.5. The summed E-state index contributed by atoms with van der Waals surface area (Å²) < 4.78 is 0. The Hall–Kier alpha value is -1.00. The molecule has 3 rings (SSSR count). The summed E-state index contributed by atoms with van der Waals surface area (Å²) in [4.78, 5) is 24.6. The lowest BCUT2D eigenvalue weighted by molar-refractivity contribution is -0.140. The van der Waals surface area contributed by atoms with Crippen LogP contribution in [0.1, 0.15) is 37.7 Å². The molecule has 1 spiro atoms. The molecule has 3 atom stereocenters. The van der Waals surface area contributed by atoms with Gasteiger partial charge in [0.05, 0.1) is 5.92 Å². The fraction of sp³-hybridized carbons (Fsp3) is 0.500. The number of imide groups is 1. The number of hydrogen-bond acceptors (Lipinski definition) is 3. The average molecular weight is 324 g/mol. The quantitative estimate of drug-likeness (QED) is 0.806. The maximum atomic E-state index is 12.6. The molecule has 21 heavy (non-hydrogen) atoms. The molecule has 3 nitrogen and oxygen atoms in total. The van der Waals surface area contributed by atoms with E-state index in [4.69, 9.17) is 11.6 Å². The van der Waals surface area contributed by atoms with Crippen molar-refractivity contribution in [2.24, 2.45) is 5.41 Å². The minimum atomic E-state index is -0.341. The molecule has 112 valence electrons. The number of piperidine rings is 1. The predicted molar refractivity (Wildman–Crippen MR) is 85.5 cm³/mol. The third kappa shape index (κ3) is 2.49. The molecule has 1 N–H and O–H groups in total. The van der Waals surface area contributed by atoms with Crippen LogP contribution < -0.4 is 5.32 Å². The van der Waals surface area contributed by atoms with Crippen LogP contribution in [0, 0.1) is 5.41 Å². The number of halogens is 1. The topological polar surface area (TPSA) is 46.2 Å². The Morgan fingerprint density at radius 1 is 1.33 bits per heavy atom. The van der Waals surface area contributed by atoms with Crippen LogP contribution in [0.25, 0.3) is 0 Å². The Bertz CT molecular complexity index is 591. The number of carbonyl (C=O) groups excluding carboxylic acids is 2. The molecule has 3 unspecified atom stereocenters. The van der Waals surface area contributed by atoms with E-state index in [1.807, 2.05) is 36.0 Å². The summed E-state index contributed by atoms with van der Waals surface area (Å²) in [6.45, 7) is 2.14. The van der Waals surface area contributed by atoms with Crippen LogP contribution in [0.3, 0.4) is 0 Å². The summed E-state index contributed by atoms with van der Waals surface area (Å²) in [5.41, 5.74) is 0.534. The van der Waals surface area contributed by atoms with E-state index in [9.17, 15) is 9.59 Å². The van der Waals surface area contributed by atoms with Gasteiger partial charge >= 0.3 is 0 Å². The van der Waals surface area contributed by atoms with E-state index in [0.717, 1.165) is 24.2 Å². The van der Waals surface area contributed by atoms with Crippen LogP contribution in [0.15, 0.2) is 24.3 Å². The van der Waals surface area contributed by atoms with Crippen LogP contribution >= 0.6 is 23.4 Å². The van der Waals surface area contributed by atoms with E-state index >= 15 is 0 Å². The lowest BCUT2D eigenvalue weighted by Crippen LogP contribution is -2.55. The Balaban J connectivity index is 2.11. The second-order valence-electron chi connectivity index (χ2n) is 5.89. The molecule has 2 aliphatic rings. The van der Waals surface area contributed by atoms with Crippen LogP contribution in [-0.4, -0.2) is 22.8 Å². The number of benzene rings is 1. The number of hydrogen-bond donors (Lipinski definition) is 1. The van der Waals surface area contributed by atoms with Gasteiger partial charge in [-0.1, -0.05) is 36.7 Å². The zero-order valence-electron chi connectivity index (χ0n) is 11.9. The molecule has 2 fully saturated rings. The van der Waals surface area contributed by atoms with Crippen LogP contribution in [0.5, 0.6) is 0 Å². The maximum absolute atomic E-state index is 12.6. The van der Waals surface area contributed by atoms with Gasteiger partial charge in [-0.3, -0.25) is 14.9 Å². The van der Waals surface area contributed by atoms with Gasteiger partial charge in [0, 0.05) is 22.1 Å². The molecule has 1 aromatic rings. The predicted octanol–water partition coefficient (Wildman–Crippen LogP) is 3.37. The van der Waals surface area contributed by atoms with Crippen molar-refractivity contribution in [3.8, 4) is 0 Å². The van der Waals surface area contributed by atoms with Gasteiger partial charge in [-0.15, -0.1) is 0 Å². The molecule has 0 bridgehead atoms. The summed E-state index contributed by atoms with van der Waals surface area (Å²) in [5, 5.41) is 3.37. The summed E-state index contributed by atoms with van der Waals surface area (Å²) in [6.07, 6.45) is 2.34. The molecule has 2 aliphatic heterocycles. The number of amides is 2. The van der Waals surface area contributed by atoms with Gasteiger partial charge in [0.1, 0.15) is 0 Å². The summed E-state index contributed by atoms with van der Waals surface area (Å²) in [7, 11) is 0. The van der Waals surface area contributed by atoms with E-state index in [0.29, 0.717) is 11.4 Å². The minimum Gasteiger partial charge on any atom is -0.296 e. The van der Waals surface area contributed by atoms with Crippen molar-refractivity contribution in [1.29, 1.82) is 0 Å². The Labute approximate surface area is 133 Å². The molecule has 0 aromatic heterocycles. The maximum Gasteiger partial charge on any atom is 0.234 e. The molecule has 0 aliphatic carbocycles. The van der Waals surface area contributed by atoms with Gasteiger partial charge in [-0.25, -0.2) is 0 Å². The van der Waals surface area contributed by atoms with Gasteiger partial charge in [0.2, 0.25) is 11.8 Å². The lowest BCUT2D eigenvalue weighted by atomic mass is 9.63. The van der Waals surface area contributed by atoms with Crippen LogP contribution in [0.2, 0.25) is 5.02 Å². The normalized spacial score (nSPS) is 33.0. The molecule has 2 heterocycles. The van der Waals surface area contributed by atoms with Gasteiger partial charge in [-0.2, -0.15) is 11.8 Å². The van der Waals surface area contributed by atoms with Crippen molar-refractivity contribution in [2.45, 2.75) is 37.4 Å². The molecule has 0 saturated carbocycles. The van der Waals surface area contributed by atoms with E-state index in [1.165, 1.54) is 0 Å².